The van der Waals surface area contributed by atoms with Gasteiger partial charge >= 0.3 is 0 Å². The van der Waals surface area contributed by atoms with Gasteiger partial charge in [-0.1, -0.05) is 13.8 Å². The first-order chi connectivity index (χ1) is 6.07. The second-order valence-corrected chi connectivity index (χ2v) is 4.79. The van der Waals surface area contributed by atoms with Crippen molar-refractivity contribution in [2.24, 2.45) is 16.6 Å². The van der Waals surface area contributed by atoms with Crippen molar-refractivity contribution in [3.8, 4) is 0 Å². The molecule has 76 valence electrons. The Morgan fingerprint density at radius 2 is 2.08 bits per heavy atom. The third kappa shape index (κ3) is 0.953. The maximum absolute atomic E-state index is 6.14. The Hall–Kier alpha value is -0.120. The zero-order valence-electron chi connectivity index (χ0n) is 8.67. The maximum Gasteiger partial charge on any atom is 0.0882 e. The van der Waals surface area contributed by atoms with Crippen LogP contribution in [0.15, 0.2) is 0 Å². The lowest BCUT2D eigenvalue weighted by Crippen LogP contribution is -2.40. The van der Waals surface area contributed by atoms with Gasteiger partial charge in [0.1, 0.15) is 0 Å². The highest BCUT2D eigenvalue weighted by Crippen LogP contribution is 2.67. The molecule has 0 radical (unpaired) electrons. The predicted octanol–water partition coefficient (Wildman–Crippen LogP) is 0.775. The summed E-state index contributed by atoms with van der Waals surface area (Å²) < 4.78 is 10.9. The zero-order chi connectivity index (χ0) is 9.69. The first-order valence-electron chi connectivity index (χ1n) is 4.93. The lowest BCUT2D eigenvalue weighted by Gasteiger charge is -2.33. The van der Waals surface area contributed by atoms with Crippen LogP contribution in [-0.4, -0.2) is 32.5 Å². The Bertz CT molecular complexity index is 217. The van der Waals surface area contributed by atoms with Crippen LogP contribution in [0.1, 0.15) is 20.3 Å². The van der Waals surface area contributed by atoms with Gasteiger partial charge in [-0.05, 0) is 11.8 Å². The van der Waals surface area contributed by atoms with Crippen LogP contribution in [0.5, 0.6) is 0 Å². The number of ether oxygens (including phenoxy) is 2. The fourth-order valence-corrected chi connectivity index (χ4v) is 3.04. The quantitative estimate of drug-likeness (QED) is 0.656. The van der Waals surface area contributed by atoms with Gasteiger partial charge in [0.25, 0.3) is 0 Å². The largest absolute Gasteiger partial charge is 0.379 e. The highest BCUT2D eigenvalue weighted by molar-refractivity contribution is 5.24. The molecule has 3 nitrogen and oxygen atoms in total. The number of hydrogen-bond donors (Lipinski definition) is 1. The Morgan fingerprint density at radius 1 is 1.46 bits per heavy atom. The summed E-state index contributed by atoms with van der Waals surface area (Å²) in [4.78, 5) is 0. The smallest absolute Gasteiger partial charge is 0.0882 e. The van der Waals surface area contributed by atoms with Crippen LogP contribution in [0.2, 0.25) is 0 Å². The fraction of sp³-hybridized carbons (Fsp3) is 1.00. The molecule has 1 spiro atoms. The van der Waals surface area contributed by atoms with Crippen LogP contribution in [-0.2, 0) is 9.47 Å². The molecule has 3 unspecified atom stereocenters. The van der Waals surface area contributed by atoms with Crippen molar-refractivity contribution in [1.82, 2.24) is 0 Å². The van der Waals surface area contributed by atoms with E-state index in [2.05, 4.69) is 13.8 Å². The van der Waals surface area contributed by atoms with E-state index in [1.54, 1.807) is 7.11 Å². The second kappa shape index (κ2) is 2.69. The van der Waals surface area contributed by atoms with E-state index in [1.807, 2.05) is 0 Å². The first-order valence-corrected chi connectivity index (χ1v) is 4.93. The Labute approximate surface area is 79.6 Å². The molecule has 0 aromatic rings. The third-order valence-corrected chi connectivity index (χ3v) is 4.24. The topological polar surface area (TPSA) is 44.5 Å². The first kappa shape index (κ1) is 9.44. The van der Waals surface area contributed by atoms with Crippen molar-refractivity contribution in [2.45, 2.75) is 32.4 Å². The van der Waals surface area contributed by atoms with Gasteiger partial charge in [-0.25, -0.2) is 0 Å². The van der Waals surface area contributed by atoms with Crippen molar-refractivity contribution in [2.75, 3.05) is 20.3 Å². The zero-order valence-corrected chi connectivity index (χ0v) is 8.67. The van der Waals surface area contributed by atoms with E-state index in [9.17, 15) is 0 Å². The SMILES string of the molecule is COC1COCCC12C(N)C2(C)C. The summed E-state index contributed by atoms with van der Waals surface area (Å²) in [5.41, 5.74) is 6.54. The molecule has 2 rings (SSSR count). The number of nitrogens with two attached hydrogens (primary N) is 1. The lowest BCUT2D eigenvalue weighted by atomic mass is 9.85. The number of methoxy groups -OCH3 is 1. The Balaban J connectivity index is 2.21. The van der Waals surface area contributed by atoms with E-state index in [0.29, 0.717) is 6.61 Å². The molecular weight excluding hydrogens is 166 g/mol. The lowest BCUT2D eigenvalue weighted by molar-refractivity contribution is -0.0883. The van der Waals surface area contributed by atoms with Gasteiger partial charge in [-0.3, -0.25) is 0 Å². The summed E-state index contributed by atoms with van der Waals surface area (Å²) in [5.74, 6) is 0. The van der Waals surface area contributed by atoms with Crippen LogP contribution in [0.3, 0.4) is 0 Å². The monoisotopic (exact) mass is 185 g/mol. The molecule has 1 saturated carbocycles. The average Bonchev–Trinajstić information content (AvgIpc) is 2.53. The van der Waals surface area contributed by atoms with Gasteiger partial charge in [0.15, 0.2) is 0 Å². The molecule has 2 fully saturated rings. The maximum atomic E-state index is 6.14. The van der Waals surface area contributed by atoms with Gasteiger partial charge in [0.05, 0.1) is 12.7 Å². The van der Waals surface area contributed by atoms with E-state index in [1.165, 1.54) is 0 Å². The molecule has 0 amide bonds. The van der Waals surface area contributed by atoms with Crippen molar-refractivity contribution >= 4 is 0 Å². The highest BCUT2D eigenvalue weighted by Gasteiger charge is 2.73. The van der Waals surface area contributed by atoms with E-state index in [-0.39, 0.29) is 23.0 Å². The molecule has 0 aromatic carbocycles. The second-order valence-electron chi connectivity index (χ2n) is 4.79. The van der Waals surface area contributed by atoms with Gasteiger partial charge < -0.3 is 15.2 Å². The van der Waals surface area contributed by atoms with Crippen LogP contribution in [0.25, 0.3) is 0 Å². The molecule has 3 heteroatoms. The summed E-state index contributed by atoms with van der Waals surface area (Å²) in [6, 6.07) is 0.272. The molecule has 2 aliphatic rings. The predicted molar refractivity (Wildman–Crippen MR) is 50.4 cm³/mol. The normalized spacial score (nSPS) is 48.0. The molecule has 1 aliphatic carbocycles. The van der Waals surface area contributed by atoms with Crippen LogP contribution in [0.4, 0.5) is 0 Å². The van der Waals surface area contributed by atoms with E-state index >= 15 is 0 Å². The summed E-state index contributed by atoms with van der Waals surface area (Å²) in [6.07, 6.45) is 1.23. The molecule has 1 heterocycles. The molecule has 1 aliphatic heterocycles. The molecular formula is C10H19NO2. The van der Waals surface area contributed by atoms with Crippen molar-refractivity contribution in [3.05, 3.63) is 0 Å². The fourth-order valence-electron chi connectivity index (χ4n) is 3.04. The number of hydrogen-bond acceptors (Lipinski definition) is 3. The summed E-state index contributed by atoms with van der Waals surface area (Å²) in [6.45, 7) is 5.99. The van der Waals surface area contributed by atoms with Gasteiger partial charge in [0.2, 0.25) is 0 Å². The summed E-state index contributed by atoms with van der Waals surface area (Å²) in [7, 11) is 1.75. The highest BCUT2D eigenvalue weighted by atomic mass is 16.5. The van der Waals surface area contributed by atoms with Gasteiger partial charge in [0, 0.05) is 25.2 Å². The standard InChI is InChI=1S/C10H19NO2/c1-9(2)8(11)10(9)4-5-13-6-7(10)12-3/h7-8H,4-6,11H2,1-3H3. The minimum Gasteiger partial charge on any atom is -0.379 e. The van der Waals surface area contributed by atoms with Crippen LogP contribution in [0, 0.1) is 10.8 Å². The van der Waals surface area contributed by atoms with Crippen LogP contribution >= 0.6 is 0 Å². The molecule has 13 heavy (non-hydrogen) atoms. The minimum atomic E-state index is 0.181. The average molecular weight is 185 g/mol. The molecule has 3 atom stereocenters. The molecule has 2 N–H and O–H groups in total. The summed E-state index contributed by atoms with van der Waals surface area (Å²) in [5, 5.41) is 0. The van der Waals surface area contributed by atoms with Crippen molar-refractivity contribution in [3.63, 3.8) is 0 Å². The Kier molecular flexibility index (Phi) is 1.95. The van der Waals surface area contributed by atoms with Gasteiger partial charge in [-0.2, -0.15) is 0 Å². The molecule has 0 aromatic heterocycles. The van der Waals surface area contributed by atoms with E-state index < -0.39 is 0 Å². The van der Waals surface area contributed by atoms with E-state index in [4.69, 9.17) is 15.2 Å². The summed E-state index contributed by atoms with van der Waals surface area (Å²) >= 11 is 0. The number of rotatable bonds is 1. The minimum absolute atomic E-state index is 0.181. The Morgan fingerprint density at radius 3 is 2.46 bits per heavy atom. The molecule has 0 bridgehead atoms. The van der Waals surface area contributed by atoms with Crippen molar-refractivity contribution in [1.29, 1.82) is 0 Å². The third-order valence-electron chi connectivity index (χ3n) is 4.24. The molecule has 1 saturated heterocycles. The van der Waals surface area contributed by atoms with E-state index in [0.717, 1.165) is 13.0 Å². The van der Waals surface area contributed by atoms with Gasteiger partial charge in [-0.15, -0.1) is 0 Å². The van der Waals surface area contributed by atoms with Crippen LogP contribution < -0.4 is 5.73 Å². The van der Waals surface area contributed by atoms with Crippen molar-refractivity contribution < 1.29 is 9.47 Å².